The maximum atomic E-state index is 12.5. The molecule has 1 atom stereocenters. The summed E-state index contributed by atoms with van der Waals surface area (Å²) < 4.78 is 0. The highest BCUT2D eigenvalue weighted by Gasteiger charge is 2.53. The number of hydrogen-bond donors (Lipinski definition) is 1. The topological polar surface area (TPSA) is 40.5 Å². The van der Waals surface area contributed by atoms with Crippen LogP contribution in [-0.2, 0) is 4.79 Å². The van der Waals surface area contributed by atoms with Gasteiger partial charge in [-0.25, -0.2) is 0 Å². The second kappa shape index (κ2) is 5.84. The van der Waals surface area contributed by atoms with Gasteiger partial charge in [-0.1, -0.05) is 38.1 Å². The first-order valence-electron chi connectivity index (χ1n) is 9.88. The lowest BCUT2D eigenvalue weighted by Gasteiger charge is -2.52. The average Bonchev–Trinajstić information content (AvgIpc) is 2.96. The fourth-order valence-corrected chi connectivity index (χ4v) is 5.29. The van der Waals surface area contributed by atoms with Crippen LogP contribution in [0.4, 0.5) is 0 Å². The minimum atomic E-state index is -0.608. The van der Waals surface area contributed by atoms with Crippen molar-refractivity contribution in [2.45, 2.75) is 70.3 Å². The summed E-state index contributed by atoms with van der Waals surface area (Å²) in [7, 11) is 0. The molecule has 1 unspecified atom stereocenters. The molecular weight excluding hydrogens is 310 g/mol. The van der Waals surface area contributed by atoms with E-state index in [1.54, 1.807) is 0 Å². The smallest absolute Gasteiger partial charge is 0.225 e. The molecular formula is C22H31NO2. The van der Waals surface area contributed by atoms with E-state index in [0.29, 0.717) is 30.1 Å². The van der Waals surface area contributed by atoms with Gasteiger partial charge in [0.15, 0.2) is 0 Å². The van der Waals surface area contributed by atoms with Gasteiger partial charge in [-0.2, -0.15) is 0 Å². The Morgan fingerprint density at radius 3 is 2.36 bits per heavy atom. The highest BCUT2D eigenvalue weighted by molar-refractivity contribution is 5.81. The number of nitrogens with zero attached hydrogens (tertiary/aromatic N) is 1. The molecule has 1 spiro atoms. The van der Waals surface area contributed by atoms with Gasteiger partial charge in [-0.05, 0) is 62.0 Å². The van der Waals surface area contributed by atoms with Crippen LogP contribution in [0.3, 0.4) is 0 Å². The van der Waals surface area contributed by atoms with Crippen LogP contribution < -0.4 is 0 Å². The van der Waals surface area contributed by atoms with Crippen LogP contribution in [-0.4, -0.2) is 34.6 Å². The summed E-state index contributed by atoms with van der Waals surface area (Å²) in [4.78, 5) is 14.5. The van der Waals surface area contributed by atoms with Crippen LogP contribution in [0, 0.1) is 11.3 Å². The van der Waals surface area contributed by atoms with Crippen molar-refractivity contribution in [3.8, 4) is 0 Å². The Kier molecular flexibility index (Phi) is 3.99. The van der Waals surface area contributed by atoms with E-state index >= 15 is 0 Å². The molecule has 3 aliphatic rings. The highest BCUT2D eigenvalue weighted by atomic mass is 16.3. The summed E-state index contributed by atoms with van der Waals surface area (Å²) in [5, 5.41) is 9.85. The molecule has 1 aromatic carbocycles. The van der Waals surface area contributed by atoms with Gasteiger partial charge in [0.05, 0.1) is 5.60 Å². The van der Waals surface area contributed by atoms with Gasteiger partial charge in [0.1, 0.15) is 0 Å². The molecule has 3 nitrogen and oxygen atoms in total. The molecule has 2 saturated carbocycles. The molecule has 2 aliphatic carbocycles. The van der Waals surface area contributed by atoms with Gasteiger partial charge < -0.3 is 10.0 Å². The lowest BCUT2D eigenvalue weighted by atomic mass is 9.69. The predicted molar refractivity (Wildman–Crippen MR) is 99.5 cm³/mol. The van der Waals surface area contributed by atoms with E-state index in [1.807, 2.05) is 11.8 Å². The number of hydrogen-bond acceptors (Lipinski definition) is 2. The minimum Gasteiger partial charge on any atom is -0.390 e. The third-order valence-electron chi connectivity index (χ3n) is 6.86. The lowest BCUT2D eigenvalue weighted by molar-refractivity contribution is -0.161. The van der Waals surface area contributed by atoms with E-state index in [1.165, 1.54) is 30.4 Å². The second-order valence-corrected chi connectivity index (χ2v) is 9.56. The Morgan fingerprint density at radius 2 is 1.80 bits per heavy atom. The molecule has 1 aliphatic heterocycles. The lowest BCUT2D eigenvalue weighted by Crippen LogP contribution is -2.61. The molecule has 1 amide bonds. The van der Waals surface area contributed by atoms with Crippen molar-refractivity contribution in [3.63, 3.8) is 0 Å². The van der Waals surface area contributed by atoms with Gasteiger partial charge >= 0.3 is 0 Å². The van der Waals surface area contributed by atoms with Crippen molar-refractivity contribution in [3.05, 3.63) is 35.4 Å². The number of aliphatic hydroxyl groups is 1. The maximum Gasteiger partial charge on any atom is 0.225 e. The fourth-order valence-electron chi connectivity index (χ4n) is 5.29. The Bertz CT molecular complexity index is 647. The van der Waals surface area contributed by atoms with Gasteiger partial charge in [-0.3, -0.25) is 4.79 Å². The number of rotatable bonds is 3. The summed E-state index contributed by atoms with van der Waals surface area (Å²) in [5.41, 5.74) is 2.64. The summed E-state index contributed by atoms with van der Waals surface area (Å²) in [6.07, 6.45) is 5.00. The number of amides is 1. The Morgan fingerprint density at radius 1 is 1.16 bits per heavy atom. The molecule has 1 heterocycles. The predicted octanol–water partition coefficient (Wildman–Crippen LogP) is 4.07. The molecule has 3 heteroatoms. The highest BCUT2D eigenvalue weighted by Crippen LogP contribution is 2.52. The van der Waals surface area contributed by atoms with E-state index < -0.39 is 5.60 Å². The molecule has 25 heavy (non-hydrogen) atoms. The van der Waals surface area contributed by atoms with Crippen molar-refractivity contribution < 1.29 is 9.90 Å². The van der Waals surface area contributed by atoms with Crippen LogP contribution in [0.25, 0.3) is 0 Å². The molecule has 3 fully saturated rings. The fraction of sp³-hybridized carbons (Fsp3) is 0.682. The summed E-state index contributed by atoms with van der Waals surface area (Å²) in [6.45, 7) is 8.18. The SMILES string of the molecule is CC(C)c1ccc(C2CCC3(C2)CN(C(=O)C2CC(C)(O)C2)C3)cc1. The first-order chi connectivity index (χ1) is 11.8. The van der Waals surface area contributed by atoms with Crippen LogP contribution in [0.5, 0.6) is 0 Å². The third kappa shape index (κ3) is 3.12. The number of benzene rings is 1. The normalized spacial score (nSPS) is 33.4. The second-order valence-electron chi connectivity index (χ2n) is 9.56. The van der Waals surface area contributed by atoms with E-state index in [2.05, 4.69) is 38.1 Å². The molecule has 1 saturated heterocycles. The first-order valence-corrected chi connectivity index (χ1v) is 9.88. The third-order valence-corrected chi connectivity index (χ3v) is 6.86. The van der Waals surface area contributed by atoms with Crippen molar-refractivity contribution in [2.75, 3.05) is 13.1 Å². The van der Waals surface area contributed by atoms with E-state index in [0.717, 1.165) is 13.1 Å². The van der Waals surface area contributed by atoms with Gasteiger partial charge in [-0.15, -0.1) is 0 Å². The number of carbonyl (C=O) groups is 1. The van der Waals surface area contributed by atoms with Gasteiger partial charge in [0, 0.05) is 24.4 Å². The molecule has 1 N–H and O–H groups in total. The molecule has 0 bridgehead atoms. The average molecular weight is 341 g/mol. The van der Waals surface area contributed by atoms with E-state index in [9.17, 15) is 9.90 Å². The monoisotopic (exact) mass is 341 g/mol. The molecule has 136 valence electrons. The van der Waals surface area contributed by atoms with Crippen LogP contribution in [0.15, 0.2) is 24.3 Å². The zero-order valence-corrected chi connectivity index (χ0v) is 15.8. The van der Waals surface area contributed by atoms with Crippen LogP contribution >= 0.6 is 0 Å². The molecule has 0 aromatic heterocycles. The number of likely N-dealkylation sites (tertiary alicyclic amines) is 1. The van der Waals surface area contributed by atoms with Crippen molar-refractivity contribution in [1.29, 1.82) is 0 Å². The Balaban J connectivity index is 1.32. The molecule has 0 radical (unpaired) electrons. The van der Waals surface area contributed by atoms with Crippen molar-refractivity contribution in [2.24, 2.45) is 11.3 Å². The Labute approximate surface area is 151 Å². The number of carbonyl (C=O) groups excluding carboxylic acids is 1. The summed E-state index contributed by atoms with van der Waals surface area (Å²) in [6, 6.07) is 9.20. The molecule has 4 rings (SSSR count). The van der Waals surface area contributed by atoms with E-state index in [4.69, 9.17) is 0 Å². The van der Waals surface area contributed by atoms with E-state index in [-0.39, 0.29) is 11.8 Å². The largest absolute Gasteiger partial charge is 0.390 e. The molecule has 1 aromatic rings. The minimum absolute atomic E-state index is 0.0631. The zero-order valence-electron chi connectivity index (χ0n) is 15.8. The van der Waals surface area contributed by atoms with Crippen LogP contribution in [0.1, 0.15) is 75.8 Å². The van der Waals surface area contributed by atoms with Crippen molar-refractivity contribution >= 4 is 5.91 Å². The quantitative estimate of drug-likeness (QED) is 0.900. The van der Waals surface area contributed by atoms with Gasteiger partial charge in [0.25, 0.3) is 0 Å². The van der Waals surface area contributed by atoms with Gasteiger partial charge in [0.2, 0.25) is 5.91 Å². The Hall–Kier alpha value is -1.35. The van der Waals surface area contributed by atoms with Crippen LogP contribution in [0.2, 0.25) is 0 Å². The zero-order chi connectivity index (χ0) is 17.8. The standard InChI is InChI=1S/C22H31NO2/c1-15(2)16-4-6-17(7-5-16)18-8-9-22(12-18)13-23(14-22)20(24)19-10-21(3,25)11-19/h4-7,15,18-19,25H,8-14H2,1-3H3. The summed E-state index contributed by atoms with van der Waals surface area (Å²) >= 11 is 0. The van der Waals surface area contributed by atoms with Crippen molar-refractivity contribution in [1.82, 2.24) is 4.90 Å². The first kappa shape index (κ1) is 17.1. The maximum absolute atomic E-state index is 12.5. The summed E-state index contributed by atoms with van der Waals surface area (Å²) in [5.74, 6) is 1.58.